The van der Waals surface area contributed by atoms with E-state index in [1.807, 2.05) is 13.8 Å². The number of ether oxygens (including phenoxy) is 1. The van der Waals surface area contributed by atoms with Crippen LogP contribution in [0.5, 0.6) is 11.6 Å². The fourth-order valence-electron chi connectivity index (χ4n) is 3.09. The zero-order valence-corrected chi connectivity index (χ0v) is 16.7. The molecule has 12 nitrogen and oxygen atoms in total. The van der Waals surface area contributed by atoms with Crippen molar-refractivity contribution in [1.29, 1.82) is 0 Å². The topological polar surface area (TPSA) is 162 Å². The maximum atomic E-state index is 12.5. The number of carbonyl (C=O) groups excluding carboxylic acids is 1. The lowest BCUT2D eigenvalue weighted by atomic mass is 10.1. The number of carbonyl (C=O) groups is 1. The van der Waals surface area contributed by atoms with Crippen molar-refractivity contribution in [1.82, 2.24) is 4.57 Å². The lowest BCUT2D eigenvalue weighted by Crippen LogP contribution is -1.99. The van der Waals surface area contributed by atoms with Gasteiger partial charge >= 0.3 is 0 Å². The van der Waals surface area contributed by atoms with Crippen molar-refractivity contribution in [2.24, 2.45) is 10.2 Å². The molecule has 2 aromatic carbocycles. The molecule has 0 saturated heterocycles. The highest BCUT2D eigenvalue weighted by atomic mass is 16.6. The largest absolute Gasteiger partial charge is 0.497 e. The maximum Gasteiger partial charge on any atom is 0.295 e. The second kappa shape index (κ2) is 8.18. The number of hydrogen-bond donors (Lipinski definition) is 1. The van der Waals surface area contributed by atoms with Crippen LogP contribution in [0.2, 0.25) is 0 Å². The molecule has 0 radical (unpaired) electrons. The van der Waals surface area contributed by atoms with Gasteiger partial charge in [0.25, 0.3) is 17.3 Å². The van der Waals surface area contributed by atoms with Crippen LogP contribution in [0.1, 0.15) is 30.2 Å². The van der Waals surface area contributed by atoms with E-state index in [0.717, 1.165) is 18.2 Å². The van der Waals surface area contributed by atoms with Crippen LogP contribution in [0.3, 0.4) is 0 Å². The maximum absolute atomic E-state index is 12.5. The molecule has 0 aliphatic rings. The Labute approximate surface area is 174 Å². The molecular weight excluding hydrogens is 410 g/mol. The zero-order valence-electron chi connectivity index (χ0n) is 16.7. The number of rotatable bonds is 6. The van der Waals surface area contributed by atoms with Crippen LogP contribution in [0.4, 0.5) is 17.1 Å². The minimum atomic E-state index is -1.04. The predicted octanol–water partition coefficient (Wildman–Crippen LogP) is 4.68. The molecule has 31 heavy (non-hydrogen) atoms. The number of methoxy groups -OCH3 is 1. The van der Waals surface area contributed by atoms with Crippen LogP contribution in [-0.2, 0) is 0 Å². The molecule has 160 valence electrons. The Kier molecular flexibility index (Phi) is 5.64. The van der Waals surface area contributed by atoms with Gasteiger partial charge in [0.2, 0.25) is 5.88 Å². The fourth-order valence-corrected chi connectivity index (χ4v) is 3.09. The minimum Gasteiger partial charge on any atom is -0.497 e. The highest BCUT2D eigenvalue weighted by Gasteiger charge is 2.22. The van der Waals surface area contributed by atoms with Gasteiger partial charge in [-0.25, -0.2) is 0 Å². The molecule has 0 saturated carbocycles. The second-order valence-electron chi connectivity index (χ2n) is 6.78. The molecule has 0 bridgehead atoms. The van der Waals surface area contributed by atoms with Gasteiger partial charge in [0.1, 0.15) is 5.75 Å². The van der Waals surface area contributed by atoms with Gasteiger partial charge in [0.05, 0.1) is 34.1 Å². The third-order valence-corrected chi connectivity index (χ3v) is 4.49. The van der Waals surface area contributed by atoms with Crippen LogP contribution >= 0.6 is 0 Å². The van der Waals surface area contributed by atoms with Gasteiger partial charge in [-0.2, -0.15) is 0 Å². The van der Waals surface area contributed by atoms with Gasteiger partial charge in [-0.15, -0.1) is 10.2 Å². The number of fused-ring (bicyclic) bond motifs is 1. The second-order valence-corrected chi connectivity index (χ2v) is 6.78. The lowest BCUT2D eigenvalue weighted by Gasteiger charge is -2.10. The Balaban J connectivity index is 2.10. The molecule has 0 unspecified atom stereocenters. The van der Waals surface area contributed by atoms with Crippen molar-refractivity contribution in [3.63, 3.8) is 0 Å². The average molecular weight is 427 g/mol. The van der Waals surface area contributed by atoms with Crippen LogP contribution in [0.25, 0.3) is 10.9 Å². The number of aromatic hydroxyl groups is 1. The summed E-state index contributed by atoms with van der Waals surface area (Å²) >= 11 is 0. The van der Waals surface area contributed by atoms with Crippen molar-refractivity contribution in [3.05, 3.63) is 62.2 Å². The van der Waals surface area contributed by atoms with Crippen molar-refractivity contribution >= 4 is 33.9 Å². The van der Waals surface area contributed by atoms with E-state index in [4.69, 9.17) is 4.74 Å². The quantitative estimate of drug-likeness (QED) is 0.339. The van der Waals surface area contributed by atoms with E-state index in [1.54, 1.807) is 22.8 Å². The summed E-state index contributed by atoms with van der Waals surface area (Å²) in [6, 6.07) is 7.37. The Hall–Kier alpha value is -4.35. The van der Waals surface area contributed by atoms with E-state index in [9.17, 15) is 30.1 Å². The first-order chi connectivity index (χ1) is 14.6. The lowest BCUT2D eigenvalue weighted by molar-refractivity contribution is -0.394. The van der Waals surface area contributed by atoms with Gasteiger partial charge in [-0.05, 0) is 32.0 Å². The molecule has 0 aliphatic carbocycles. The van der Waals surface area contributed by atoms with E-state index in [1.165, 1.54) is 7.11 Å². The summed E-state index contributed by atoms with van der Waals surface area (Å²) in [6.07, 6.45) is 0. The average Bonchev–Trinajstić information content (AvgIpc) is 3.01. The predicted molar refractivity (Wildman–Crippen MR) is 109 cm³/mol. The van der Waals surface area contributed by atoms with E-state index in [0.29, 0.717) is 16.7 Å². The molecule has 1 N–H and O–H groups in total. The van der Waals surface area contributed by atoms with Crippen LogP contribution in [0.15, 0.2) is 46.6 Å². The van der Waals surface area contributed by atoms with E-state index in [2.05, 4.69) is 10.2 Å². The fraction of sp³-hybridized carbons (Fsp3) is 0.211. The van der Waals surface area contributed by atoms with Crippen molar-refractivity contribution in [2.75, 3.05) is 7.11 Å². The summed E-state index contributed by atoms with van der Waals surface area (Å²) in [5, 5.41) is 40.5. The Morgan fingerprint density at radius 2 is 1.71 bits per heavy atom. The molecule has 12 heteroatoms. The van der Waals surface area contributed by atoms with E-state index >= 15 is 0 Å². The number of benzene rings is 2. The third kappa shape index (κ3) is 4.03. The molecule has 0 fully saturated rings. The normalized spacial score (nSPS) is 11.4. The van der Waals surface area contributed by atoms with Crippen LogP contribution < -0.4 is 4.74 Å². The molecular formula is C19H17N5O7. The molecule has 3 aromatic rings. The number of amides is 1. The number of azo groups is 1. The number of non-ortho nitro benzene ring substituents is 2. The first-order valence-electron chi connectivity index (χ1n) is 8.95. The van der Waals surface area contributed by atoms with Crippen molar-refractivity contribution < 1.29 is 24.5 Å². The summed E-state index contributed by atoms with van der Waals surface area (Å²) in [7, 11) is 1.47. The van der Waals surface area contributed by atoms with Gasteiger partial charge in [0.15, 0.2) is 5.69 Å². The first-order valence-corrected chi connectivity index (χ1v) is 8.95. The van der Waals surface area contributed by atoms with Crippen LogP contribution in [0, 0.1) is 20.2 Å². The number of nitrogens with zero attached hydrogens (tertiary/aromatic N) is 5. The molecule has 3 rings (SSSR count). The third-order valence-electron chi connectivity index (χ3n) is 4.49. The van der Waals surface area contributed by atoms with Gasteiger partial charge in [0, 0.05) is 23.6 Å². The summed E-state index contributed by atoms with van der Waals surface area (Å²) in [4.78, 5) is 32.8. The molecule has 0 aliphatic heterocycles. The number of nitro groups is 2. The molecule has 1 heterocycles. The summed E-state index contributed by atoms with van der Waals surface area (Å²) in [5.74, 6) is -0.787. The van der Waals surface area contributed by atoms with Crippen LogP contribution in [-0.4, -0.2) is 32.5 Å². The first kappa shape index (κ1) is 21.4. The summed E-state index contributed by atoms with van der Waals surface area (Å²) in [5.41, 5.74) is -1.01. The van der Waals surface area contributed by atoms with Gasteiger partial charge in [-0.1, -0.05) is 0 Å². The standard InChI is InChI=1S/C19H17N5O7/c1-10(2)22-16-5-4-14(31-3)9-15(16)17(19(22)26)20-21-18(25)11-6-12(23(27)28)8-13(7-11)24(29)30/h4-10,26H,1-3H3. The Bertz CT molecular complexity index is 1210. The molecule has 0 atom stereocenters. The van der Waals surface area contributed by atoms with Gasteiger partial charge in [-0.3, -0.25) is 25.0 Å². The van der Waals surface area contributed by atoms with Crippen molar-refractivity contribution in [2.45, 2.75) is 19.9 Å². The van der Waals surface area contributed by atoms with E-state index in [-0.39, 0.29) is 23.2 Å². The summed E-state index contributed by atoms with van der Waals surface area (Å²) in [6.45, 7) is 3.69. The van der Waals surface area contributed by atoms with E-state index < -0.39 is 27.1 Å². The molecule has 1 aromatic heterocycles. The number of nitro benzene ring substituents is 2. The monoisotopic (exact) mass is 427 g/mol. The summed E-state index contributed by atoms with van der Waals surface area (Å²) < 4.78 is 6.78. The molecule has 0 spiro atoms. The SMILES string of the molecule is COc1ccc2c(c1)c(N=NC(=O)c1cc([N+](=O)[O-])cc([N+](=O)[O-])c1)c(O)n2C(C)C. The highest BCUT2D eigenvalue weighted by molar-refractivity contribution is 5.98. The number of aromatic nitrogens is 1. The zero-order chi connectivity index (χ0) is 22.9. The number of hydrogen-bond acceptors (Lipinski definition) is 8. The minimum absolute atomic E-state index is 0.00381. The highest BCUT2D eigenvalue weighted by Crippen LogP contribution is 2.42. The Morgan fingerprint density at radius 1 is 1.10 bits per heavy atom. The van der Waals surface area contributed by atoms with Gasteiger partial charge < -0.3 is 14.4 Å². The Morgan fingerprint density at radius 3 is 2.23 bits per heavy atom. The molecule has 1 amide bonds. The smallest absolute Gasteiger partial charge is 0.295 e. The van der Waals surface area contributed by atoms with Crippen molar-refractivity contribution in [3.8, 4) is 11.6 Å².